The summed E-state index contributed by atoms with van der Waals surface area (Å²) in [6.45, 7) is -2.82. The molecule has 8 nitrogen and oxygen atoms in total. The lowest BCUT2D eigenvalue weighted by Crippen LogP contribution is -2.23. The second-order valence-corrected chi connectivity index (χ2v) is 6.24. The second kappa shape index (κ2) is 6.81. The molecule has 0 saturated heterocycles. The summed E-state index contributed by atoms with van der Waals surface area (Å²) in [6.07, 6.45) is -3.88. The van der Waals surface area contributed by atoms with Crippen LogP contribution in [0.25, 0.3) is 0 Å². The van der Waals surface area contributed by atoms with Crippen LogP contribution in [0.3, 0.4) is 0 Å². The van der Waals surface area contributed by atoms with Crippen LogP contribution in [0.1, 0.15) is 0 Å². The largest absolute Gasteiger partial charge is 0.475 e. The first kappa shape index (κ1) is 18.7. The monoisotopic (exact) mass is 357 g/mol. The molecule has 0 spiro atoms. The fourth-order valence-electron chi connectivity index (χ4n) is 1.33. The second-order valence-electron chi connectivity index (χ2n) is 4.22. The summed E-state index contributed by atoms with van der Waals surface area (Å²) < 4.78 is 66.7. The lowest BCUT2D eigenvalue weighted by molar-refractivity contribution is -0.386. The number of nitro groups is 1. The van der Waals surface area contributed by atoms with E-state index in [-0.39, 0.29) is 4.90 Å². The van der Waals surface area contributed by atoms with Gasteiger partial charge in [0.25, 0.3) is 0 Å². The summed E-state index contributed by atoms with van der Waals surface area (Å²) in [5.41, 5.74) is -0.753. The van der Waals surface area contributed by atoms with Crippen LogP contribution in [0.5, 0.6) is 5.75 Å². The number of alkyl halides is 3. The Kier molecular flexibility index (Phi) is 5.53. The number of halogens is 3. The molecule has 1 aromatic rings. The lowest BCUT2D eigenvalue weighted by Gasteiger charge is -2.09. The van der Waals surface area contributed by atoms with Crippen LogP contribution in [0, 0.1) is 10.1 Å². The van der Waals surface area contributed by atoms with E-state index in [0.717, 1.165) is 18.4 Å². The third kappa shape index (κ3) is 6.10. The minimum atomic E-state index is -4.71. The molecular weight excluding hydrogens is 347 g/mol. The fraction of sp³-hybridized carbons (Fsp3) is 0.364. The maximum atomic E-state index is 11.8. The average Bonchev–Trinajstić information content (AvgIpc) is 2.40. The highest BCUT2D eigenvalue weighted by Crippen LogP contribution is 2.29. The highest BCUT2D eigenvalue weighted by molar-refractivity contribution is 7.90. The standard InChI is InChI=1S/C11H10F3NO7S/c1-23(19,20)7-2-3-9(8(4-7)15(17)18)21-5-10(16)22-6-11(12,13)14/h2-4H,5-6H2,1H3. The molecule has 0 saturated carbocycles. The van der Waals surface area contributed by atoms with E-state index in [2.05, 4.69) is 4.74 Å². The molecule has 0 bridgehead atoms. The predicted octanol–water partition coefficient (Wildman–Crippen LogP) is 1.48. The molecule has 0 aliphatic carbocycles. The number of esters is 1. The molecule has 12 heteroatoms. The quantitative estimate of drug-likeness (QED) is 0.430. The Morgan fingerprint density at radius 3 is 2.43 bits per heavy atom. The number of ether oxygens (including phenoxy) is 2. The molecular formula is C11H10F3NO7S. The van der Waals surface area contributed by atoms with Gasteiger partial charge in [-0.2, -0.15) is 13.2 Å². The van der Waals surface area contributed by atoms with Gasteiger partial charge in [-0.15, -0.1) is 0 Å². The van der Waals surface area contributed by atoms with Crippen LogP contribution in [0.2, 0.25) is 0 Å². The third-order valence-electron chi connectivity index (χ3n) is 2.30. The summed E-state index contributed by atoms with van der Waals surface area (Å²) in [5.74, 6) is -1.87. The lowest BCUT2D eigenvalue weighted by atomic mass is 10.3. The Morgan fingerprint density at radius 2 is 1.96 bits per heavy atom. The number of benzene rings is 1. The van der Waals surface area contributed by atoms with Gasteiger partial charge in [-0.05, 0) is 12.1 Å². The molecule has 0 aliphatic heterocycles. The molecule has 0 heterocycles. The van der Waals surface area contributed by atoms with Crippen molar-refractivity contribution in [2.45, 2.75) is 11.1 Å². The van der Waals surface area contributed by atoms with Crippen molar-refractivity contribution < 1.29 is 40.8 Å². The molecule has 128 valence electrons. The van der Waals surface area contributed by atoms with Crippen LogP contribution in [0.4, 0.5) is 18.9 Å². The Bertz CT molecular complexity index is 715. The smallest absolute Gasteiger partial charge is 0.422 e. The minimum absolute atomic E-state index is 0.351. The summed E-state index contributed by atoms with van der Waals surface area (Å²) in [5, 5.41) is 10.9. The highest BCUT2D eigenvalue weighted by Gasteiger charge is 2.30. The fourth-order valence-corrected chi connectivity index (χ4v) is 1.97. The van der Waals surface area contributed by atoms with Gasteiger partial charge in [0.1, 0.15) is 0 Å². The Hall–Kier alpha value is -2.37. The molecule has 0 aliphatic rings. The summed E-state index contributed by atoms with van der Waals surface area (Å²) in [4.78, 5) is 20.6. The number of nitro benzene ring substituents is 1. The molecule has 0 aromatic heterocycles. The molecule has 0 radical (unpaired) electrons. The Labute approximate surface area is 127 Å². The zero-order valence-electron chi connectivity index (χ0n) is 11.5. The maximum Gasteiger partial charge on any atom is 0.422 e. The Morgan fingerprint density at radius 1 is 1.35 bits per heavy atom. The van der Waals surface area contributed by atoms with Crippen molar-refractivity contribution in [3.63, 3.8) is 0 Å². The minimum Gasteiger partial charge on any atom is -0.475 e. The van der Waals surface area contributed by atoms with Crippen molar-refractivity contribution in [2.75, 3.05) is 19.5 Å². The van der Waals surface area contributed by atoms with Crippen LogP contribution >= 0.6 is 0 Å². The first-order valence-electron chi connectivity index (χ1n) is 5.74. The number of hydrogen-bond acceptors (Lipinski definition) is 7. The summed E-state index contributed by atoms with van der Waals surface area (Å²) >= 11 is 0. The summed E-state index contributed by atoms with van der Waals surface area (Å²) in [7, 11) is -3.71. The molecule has 0 unspecified atom stereocenters. The zero-order valence-corrected chi connectivity index (χ0v) is 12.3. The topological polar surface area (TPSA) is 113 Å². The number of carbonyl (C=O) groups excluding carboxylic acids is 1. The third-order valence-corrected chi connectivity index (χ3v) is 3.41. The molecule has 0 amide bonds. The van der Waals surface area contributed by atoms with E-state index in [1.807, 2.05) is 0 Å². The van der Waals surface area contributed by atoms with Gasteiger partial charge in [0.05, 0.1) is 9.82 Å². The van der Waals surface area contributed by atoms with E-state index in [1.165, 1.54) is 0 Å². The SMILES string of the molecule is CS(=O)(=O)c1ccc(OCC(=O)OCC(F)(F)F)c([N+](=O)[O-])c1. The number of sulfone groups is 1. The van der Waals surface area contributed by atoms with Gasteiger partial charge < -0.3 is 9.47 Å². The van der Waals surface area contributed by atoms with E-state index in [1.54, 1.807) is 0 Å². The van der Waals surface area contributed by atoms with Gasteiger partial charge in [-0.3, -0.25) is 10.1 Å². The van der Waals surface area contributed by atoms with E-state index < -0.39 is 51.6 Å². The van der Waals surface area contributed by atoms with E-state index in [0.29, 0.717) is 6.07 Å². The van der Waals surface area contributed by atoms with Crippen molar-refractivity contribution in [1.29, 1.82) is 0 Å². The predicted molar refractivity (Wildman–Crippen MR) is 68.7 cm³/mol. The molecule has 1 rings (SSSR count). The summed E-state index contributed by atoms with van der Waals surface area (Å²) in [6, 6.07) is 2.63. The maximum absolute atomic E-state index is 11.8. The van der Waals surface area contributed by atoms with Crippen molar-refractivity contribution in [3.05, 3.63) is 28.3 Å². The van der Waals surface area contributed by atoms with Crippen LogP contribution < -0.4 is 4.74 Å². The van der Waals surface area contributed by atoms with Gasteiger partial charge in [-0.1, -0.05) is 0 Å². The highest BCUT2D eigenvalue weighted by atomic mass is 32.2. The average molecular weight is 357 g/mol. The number of carbonyl (C=O) groups is 1. The van der Waals surface area contributed by atoms with E-state index >= 15 is 0 Å². The van der Waals surface area contributed by atoms with Crippen LogP contribution in [-0.2, 0) is 19.4 Å². The Balaban J connectivity index is 2.85. The van der Waals surface area contributed by atoms with Gasteiger partial charge in [-0.25, -0.2) is 13.2 Å². The van der Waals surface area contributed by atoms with E-state index in [9.17, 15) is 36.5 Å². The molecule has 0 fully saturated rings. The van der Waals surface area contributed by atoms with Gasteiger partial charge in [0.15, 0.2) is 28.8 Å². The van der Waals surface area contributed by atoms with Crippen LogP contribution in [-0.4, -0.2) is 45.0 Å². The van der Waals surface area contributed by atoms with Gasteiger partial charge >= 0.3 is 17.8 Å². The normalized spacial score (nSPS) is 11.8. The molecule has 0 N–H and O–H groups in total. The first-order chi connectivity index (χ1) is 10.4. The first-order valence-corrected chi connectivity index (χ1v) is 7.63. The number of rotatable bonds is 6. The van der Waals surface area contributed by atoms with E-state index in [4.69, 9.17) is 4.74 Å². The van der Waals surface area contributed by atoms with Crippen LogP contribution in [0.15, 0.2) is 23.1 Å². The zero-order chi connectivity index (χ0) is 17.8. The van der Waals surface area contributed by atoms with Crippen molar-refractivity contribution in [2.24, 2.45) is 0 Å². The number of nitrogens with zero attached hydrogens (tertiary/aromatic N) is 1. The van der Waals surface area contributed by atoms with Gasteiger partial charge in [0, 0.05) is 12.3 Å². The molecule has 1 aromatic carbocycles. The van der Waals surface area contributed by atoms with Gasteiger partial charge in [0.2, 0.25) is 0 Å². The number of hydrogen-bond donors (Lipinski definition) is 0. The molecule has 23 heavy (non-hydrogen) atoms. The van der Waals surface area contributed by atoms with Crippen molar-refractivity contribution in [1.82, 2.24) is 0 Å². The van der Waals surface area contributed by atoms with Crippen molar-refractivity contribution >= 4 is 21.5 Å². The molecule has 0 atom stereocenters. The van der Waals surface area contributed by atoms with Crippen molar-refractivity contribution in [3.8, 4) is 5.75 Å².